The van der Waals surface area contributed by atoms with Gasteiger partial charge in [0.25, 0.3) is 5.91 Å². The zero-order valence-corrected chi connectivity index (χ0v) is 12.0. The molecule has 0 atom stereocenters. The van der Waals surface area contributed by atoms with Crippen LogP contribution in [0.3, 0.4) is 0 Å². The minimum absolute atomic E-state index is 0.379. The van der Waals surface area contributed by atoms with E-state index in [-0.39, 0.29) is 0 Å². The van der Waals surface area contributed by atoms with Crippen LogP contribution < -0.4 is 10.6 Å². The fourth-order valence-corrected chi connectivity index (χ4v) is 3.25. The van der Waals surface area contributed by atoms with Crippen molar-refractivity contribution in [2.75, 3.05) is 18.0 Å². The number of primary amides is 1. The van der Waals surface area contributed by atoms with Gasteiger partial charge in [0.2, 0.25) is 0 Å². The quantitative estimate of drug-likeness (QED) is 0.943. The van der Waals surface area contributed by atoms with Gasteiger partial charge in [0, 0.05) is 18.5 Å². The molecule has 0 spiro atoms. The highest BCUT2D eigenvalue weighted by Crippen LogP contribution is 2.29. The molecule has 3 heterocycles. The van der Waals surface area contributed by atoms with Crippen LogP contribution in [0.5, 0.6) is 0 Å². The number of hydrogen-bond acceptors (Lipinski definition) is 5. The third-order valence-electron chi connectivity index (χ3n) is 3.51. The Morgan fingerprint density at radius 2 is 2.05 bits per heavy atom. The first kappa shape index (κ1) is 13.2. The average molecular weight is 291 g/mol. The molecule has 5 nitrogen and oxygen atoms in total. The summed E-state index contributed by atoms with van der Waals surface area (Å²) < 4.78 is 5.36. The first-order chi connectivity index (χ1) is 9.74. The zero-order chi connectivity index (χ0) is 13.9. The zero-order valence-electron chi connectivity index (χ0n) is 11.2. The van der Waals surface area contributed by atoms with Gasteiger partial charge in [-0.3, -0.25) is 4.79 Å². The van der Waals surface area contributed by atoms with Crippen LogP contribution >= 0.6 is 11.3 Å². The Balaban J connectivity index is 1.79. The van der Waals surface area contributed by atoms with Crippen molar-refractivity contribution in [1.82, 2.24) is 4.98 Å². The molecular formula is C14H17N3O2S. The smallest absolute Gasteiger partial charge is 0.251 e. The molecule has 1 amide bonds. The van der Waals surface area contributed by atoms with E-state index >= 15 is 0 Å². The van der Waals surface area contributed by atoms with Crippen LogP contribution in [0.25, 0.3) is 11.5 Å². The highest BCUT2D eigenvalue weighted by molar-refractivity contribution is 7.14. The molecule has 1 aliphatic rings. The standard InChI is InChI=1S/C14H17N3O2S/c15-13(18)10-7-12(19-8-10)11-9-20-14(16-11)17-5-3-1-2-4-6-17/h7-9H,1-6H2,(H2,15,18). The Morgan fingerprint density at radius 3 is 2.70 bits per heavy atom. The Bertz CT molecular complexity index is 597. The van der Waals surface area contributed by atoms with E-state index < -0.39 is 5.91 Å². The summed E-state index contributed by atoms with van der Waals surface area (Å²) in [6.07, 6.45) is 6.43. The Hall–Kier alpha value is -1.82. The summed E-state index contributed by atoms with van der Waals surface area (Å²) in [7, 11) is 0. The number of nitrogens with zero attached hydrogens (tertiary/aromatic N) is 2. The van der Waals surface area contributed by atoms with Crippen molar-refractivity contribution in [2.24, 2.45) is 5.73 Å². The molecule has 3 rings (SSSR count). The molecule has 1 saturated heterocycles. The number of aromatic nitrogens is 1. The number of amides is 1. The molecule has 2 aromatic heterocycles. The summed E-state index contributed by atoms with van der Waals surface area (Å²) >= 11 is 1.62. The maximum absolute atomic E-state index is 11.1. The summed E-state index contributed by atoms with van der Waals surface area (Å²) in [4.78, 5) is 18.0. The van der Waals surface area contributed by atoms with Crippen LogP contribution in [0, 0.1) is 0 Å². The van der Waals surface area contributed by atoms with Crippen molar-refractivity contribution in [1.29, 1.82) is 0 Å². The van der Waals surface area contributed by atoms with Crippen LogP contribution in [0.15, 0.2) is 22.1 Å². The normalized spacial score (nSPS) is 16.1. The predicted octanol–water partition coefficient (Wildman–Crippen LogP) is 2.88. The van der Waals surface area contributed by atoms with Gasteiger partial charge in [0.1, 0.15) is 12.0 Å². The number of thiazole rings is 1. The topological polar surface area (TPSA) is 72.4 Å². The summed E-state index contributed by atoms with van der Waals surface area (Å²) in [5, 5.41) is 2.99. The van der Waals surface area contributed by atoms with E-state index in [4.69, 9.17) is 10.2 Å². The van der Waals surface area contributed by atoms with Gasteiger partial charge in [-0.1, -0.05) is 12.8 Å². The first-order valence-corrected chi connectivity index (χ1v) is 7.71. The molecule has 20 heavy (non-hydrogen) atoms. The average Bonchev–Trinajstić information content (AvgIpc) is 3.02. The molecule has 0 unspecified atom stereocenters. The summed E-state index contributed by atoms with van der Waals surface area (Å²) in [6, 6.07) is 1.64. The van der Waals surface area contributed by atoms with Crippen LogP contribution in [0.4, 0.5) is 5.13 Å². The van der Waals surface area contributed by atoms with Gasteiger partial charge in [-0.05, 0) is 18.9 Å². The highest BCUT2D eigenvalue weighted by Gasteiger charge is 2.16. The summed E-state index contributed by atoms with van der Waals surface area (Å²) in [6.45, 7) is 2.13. The minimum Gasteiger partial charge on any atom is -0.462 e. The third-order valence-corrected chi connectivity index (χ3v) is 4.41. The fraction of sp³-hybridized carbons (Fsp3) is 0.429. The Labute approximate surface area is 121 Å². The Morgan fingerprint density at radius 1 is 1.30 bits per heavy atom. The SMILES string of the molecule is NC(=O)c1coc(-c2csc(N3CCCCCC3)n2)c1. The summed E-state index contributed by atoms with van der Waals surface area (Å²) in [5.74, 6) is 0.110. The van der Waals surface area contributed by atoms with E-state index in [1.807, 2.05) is 5.38 Å². The predicted molar refractivity (Wildman–Crippen MR) is 79.0 cm³/mol. The Kier molecular flexibility index (Phi) is 3.73. The van der Waals surface area contributed by atoms with Crippen molar-refractivity contribution in [3.05, 3.63) is 23.3 Å². The maximum atomic E-state index is 11.1. The van der Waals surface area contributed by atoms with Crippen LogP contribution in [-0.4, -0.2) is 24.0 Å². The third kappa shape index (κ3) is 2.70. The fourth-order valence-electron chi connectivity index (χ4n) is 2.38. The molecule has 0 bridgehead atoms. The number of furan rings is 1. The van der Waals surface area contributed by atoms with Crippen molar-refractivity contribution in [3.8, 4) is 11.5 Å². The largest absolute Gasteiger partial charge is 0.462 e. The van der Waals surface area contributed by atoms with E-state index in [2.05, 4.69) is 9.88 Å². The van der Waals surface area contributed by atoms with E-state index in [0.29, 0.717) is 11.3 Å². The van der Waals surface area contributed by atoms with Gasteiger partial charge in [-0.25, -0.2) is 4.98 Å². The lowest BCUT2D eigenvalue weighted by Gasteiger charge is -2.18. The molecule has 1 fully saturated rings. The van der Waals surface area contributed by atoms with Crippen molar-refractivity contribution < 1.29 is 9.21 Å². The molecule has 0 aliphatic carbocycles. The second-order valence-corrected chi connectivity index (χ2v) is 5.82. The van der Waals surface area contributed by atoms with Crippen molar-refractivity contribution in [3.63, 3.8) is 0 Å². The minimum atomic E-state index is -0.483. The van der Waals surface area contributed by atoms with Gasteiger partial charge in [-0.15, -0.1) is 11.3 Å². The monoisotopic (exact) mass is 291 g/mol. The lowest BCUT2D eigenvalue weighted by molar-refractivity contribution is 0.0999. The molecule has 6 heteroatoms. The first-order valence-electron chi connectivity index (χ1n) is 6.83. The molecule has 1 aliphatic heterocycles. The van der Waals surface area contributed by atoms with E-state index in [0.717, 1.165) is 23.9 Å². The van der Waals surface area contributed by atoms with E-state index in [1.54, 1.807) is 17.4 Å². The van der Waals surface area contributed by atoms with Gasteiger partial charge in [0.05, 0.1) is 5.56 Å². The van der Waals surface area contributed by atoms with E-state index in [9.17, 15) is 4.79 Å². The van der Waals surface area contributed by atoms with Crippen LogP contribution in [-0.2, 0) is 0 Å². The lowest BCUT2D eigenvalue weighted by atomic mass is 10.2. The number of hydrogen-bond donors (Lipinski definition) is 1. The van der Waals surface area contributed by atoms with Gasteiger partial charge >= 0.3 is 0 Å². The highest BCUT2D eigenvalue weighted by atomic mass is 32.1. The number of carbonyl (C=O) groups excluding carboxylic acids is 1. The van der Waals surface area contributed by atoms with Crippen LogP contribution in [0.1, 0.15) is 36.0 Å². The summed E-state index contributed by atoms with van der Waals surface area (Å²) in [5.41, 5.74) is 6.36. The second kappa shape index (κ2) is 5.66. The lowest BCUT2D eigenvalue weighted by Crippen LogP contribution is -2.23. The molecule has 2 aromatic rings. The van der Waals surface area contributed by atoms with Crippen molar-refractivity contribution in [2.45, 2.75) is 25.7 Å². The second-order valence-electron chi connectivity index (χ2n) is 4.98. The van der Waals surface area contributed by atoms with E-state index in [1.165, 1.54) is 31.9 Å². The molecule has 106 valence electrons. The number of nitrogens with two attached hydrogens (primary N) is 1. The molecule has 0 saturated carbocycles. The molecule has 0 radical (unpaired) electrons. The molecular weight excluding hydrogens is 274 g/mol. The maximum Gasteiger partial charge on any atom is 0.251 e. The molecule has 0 aromatic carbocycles. The number of rotatable bonds is 3. The van der Waals surface area contributed by atoms with Gasteiger partial charge in [0.15, 0.2) is 10.9 Å². The van der Waals surface area contributed by atoms with Crippen molar-refractivity contribution >= 4 is 22.4 Å². The van der Waals surface area contributed by atoms with Gasteiger partial charge in [-0.2, -0.15) is 0 Å². The number of carbonyl (C=O) groups is 1. The number of anilines is 1. The van der Waals surface area contributed by atoms with Gasteiger partial charge < -0.3 is 15.1 Å². The van der Waals surface area contributed by atoms with Crippen LogP contribution in [0.2, 0.25) is 0 Å². The molecule has 2 N–H and O–H groups in total.